The van der Waals surface area contributed by atoms with Gasteiger partial charge >= 0.3 is 0 Å². The van der Waals surface area contributed by atoms with Crippen molar-refractivity contribution in [1.29, 1.82) is 0 Å². The van der Waals surface area contributed by atoms with E-state index < -0.39 is 0 Å². The molecule has 2 rings (SSSR count). The SMILES string of the molecule is CC(c1csc(Cl)c1)N(C)C1CNC1. The Kier molecular flexibility index (Phi) is 3.12. The average molecular weight is 231 g/mol. The molecule has 0 amide bonds. The number of hydrogen-bond donors (Lipinski definition) is 1. The van der Waals surface area contributed by atoms with Gasteiger partial charge in [-0.2, -0.15) is 0 Å². The van der Waals surface area contributed by atoms with Crippen LogP contribution in [0.3, 0.4) is 0 Å². The molecule has 1 aliphatic heterocycles. The molecular formula is C10H15ClN2S. The first kappa shape index (κ1) is 10.4. The largest absolute Gasteiger partial charge is 0.314 e. The van der Waals surface area contributed by atoms with E-state index >= 15 is 0 Å². The van der Waals surface area contributed by atoms with E-state index in [1.807, 2.05) is 0 Å². The Morgan fingerprint density at radius 1 is 1.64 bits per heavy atom. The van der Waals surface area contributed by atoms with Gasteiger partial charge in [-0.1, -0.05) is 11.6 Å². The molecule has 1 aromatic rings. The summed E-state index contributed by atoms with van der Waals surface area (Å²) in [7, 11) is 2.18. The van der Waals surface area contributed by atoms with E-state index in [4.69, 9.17) is 11.6 Å². The number of thiophene rings is 1. The predicted molar refractivity (Wildman–Crippen MR) is 62.2 cm³/mol. The summed E-state index contributed by atoms with van der Waals surface area (Å²) < 4.78 is 0.881. The van der Waals surface area contributed by atoms with Crippen LogP contribution in [-0.2, 0) is 0 Å². The minimum atomic E-state index is 0.464. The van der Waals surface area contributed by atoms with Crippen molar-refractivity contribution in [2.75, 3.05) is 20.1 Å². The molecule has 0 bridgehead atoms. The first-order chi connectivity index (χ1) is 6.68. The molecule has 1 aromatic heterocycles. The van der Waals surface area contributed by atoms with E-state index in [0.717, 1.165) is 17.4 Å². The number of likely N-dealkylation sites (N-methyl/N-ethyl adjacent to an activating group) is 1. The van der Waals surface area contributed by atoms with Gasteiger partial charge < -0.3 is 5.32 Å². The maximum Gasteiger partial charge on any atom is 0.0931 e. The second-order valence-electron chi connectivity index (χ2n) is 3.84. The highest BCUT2D eigenvalue weighted by Gasteiger charge is 2.25. The van der Waals surface area contributed by atoms with Crippen molar-refractivity contribution in [2.24, 2.45) is 0 Å². The fourth-order valence-electron chi connectivity index (χ4n) is 1.66. The van der Waals surface area contributed by atoms with Crippen LogP contribution < -0.4 is 5.32 Å². The van der Waals surface area contributed by atoms with Gasteiger partial charge in [0.25, 0.3) is 0 Å². The quantitative estimate of drug-likeness (QED) is 0.858. The molecule has 1 atom stereocenters. The lowest BCUT2D eigenvalue weighted by molar-refractivity contribution is 0.136. The van der Waals surface area contributed by atoms with Crippen molar-refractivity contribution in [2.45, 2.75) is 19.0 Å². The van der Waals surface area contributed by atoms with Crippen LogP contribution in [0.2, 0.25) is 4.34 Å². The van der Waals surface area contributed by atoms with Gasteiger partial charge in [0.1, 0.15) is 0 Å². The van der Waals surface area contributed by atoms with Gasteiger partial charge in [0.05, 0.1) is 4.34 Å². The van der Waals surface area contributed by atoms with E-state index in [2.05, 4.69) is 35.6 Å². The van der Waals surface area contributed by atoms with Crippen LogP contribution in [0, 0.1) is 0 Å². The van der Waals surface area contributed by atoms with Gasteiger partial charge in [0.2, 0.25) is 0 Å². The third-order valence-electron chi connectivity index (χ3n) is 3.02. The van der Waals surface area contributed by atoms with Crippen LogP contribution in [0.15, 0.2) is 11.4 Å². The Bertz CT molecular complexity index is 309. The summed E-state index contributed by atoms with van der Waals surface area (Å²) in [6.07, 6.45) is 0. The number of nitrogens with zero attached hydrogens (tertiary/aromatic N) is 1. The van der Waals surface area contributed by atoms with E-state index in [9.17, 15) is 0 Å². The molecule has 0 saturated carbocycles. The molecule has 14 heavy (non-hydrogen) atoms. The van der Waals surface area contributed by atoms with Crippen LogP contribution in [0.5, 0.6) is 0 Å². The summed E-state index contributed by atoms with van der Waals surface area (Å²) >= 11 is 7.53. The molecule has 1 fully saturated rings. The van der Waals surface area contributed by atoms with Crippen LogP contribution in [-0.4, -0.2) is 31.1 Å². The maximum atomic E-state index is 5.92. The summed E-state index contributed by atoms with van der Waals surface area (Å²) in [4.78, 5) is 2.41. The zero-order valence-electron chi connectivity index (χ0n) is 8.46. The molecule has 0 aromatic carbocycles. The molecular weight excluding hydrogens is 216 g/mol. The molecule has 0 aliphatic carbocycles. The third kappa shape index (κ3) is 1.96. The fraction of sp³-hybridized carbons (Fsp3) is 0.600. The minimum absolute atomic E-state index is 0.464. The molecule has 2 nitrogen and oxygen atoms in total. The first-order valence-electron chi connectivity index (χ1n) is 4.85. The summed E-state index contributed by atoms with van der Waals surface area (Å²) in [6.45, 7) is 4.45. The van der Waals surface area contributed by atoms with Gasteiger partial charge in [-0.05, 0) is 31.0 Å². The topological polar surface area (TPSA) is 15.3 Å². The molecule has 1 aliphatic rings. The number of hydrogen-bond acceptors (Lipinski definition) is 3. The van der Waals surface area contributed by atoms with Gasteiger partial charge in [-0.15, -0.1) is 11.3 Å². The van der Waals surface area contributed by atoms with Crippen LogP contribution in [0.25, 0.3) is 0 Å². The molecule has 1 N–H and O–H groups in total. The molecule has 4 heteroatoms. The summed E-state index contributed by atoms with van der Waals surface area (Å²) in [5, 5.41) is 5.44. The lowest BCUT2D eigenvalue weighted by Crippen LogP contribution is -2.56. The van der Waals surface area contributed by atoms with Crippen molar-refractivity contribution in [3.05, 3.63) is 21.3 Å². The van der Waals surface area contributed by atoms with E-state index in [1.165, 1.54) is 5.56 Å². The Labute approximate surface area is 93.9 Å². The van der Waals surface area contributed by atoms with Gasteiger partial charge in [-0.3, -0.25) is 4.90 Å². The Hall–Kier alpha value is -0.0900. The number of rotatable bonds is 3. The molecule has 0 spiro atoms. The Morgan fingerprint density at radius 3 is 2.79 bits per heavy atom. The lowest BCUT2D eigenvalue weighted by atomic mass is 10.1. The monoisotopic (exact) mass is 230 g/mol. The highest BCUT2D eigenvalue weighted by Crippen LogP contribution is 2.28. The van der Waals surface area contributed by atoms with Gasteiger partial charge in [0.15, 0.2) is 0 Å². The van der Waals surface area contributed by atoms with Gasteiger partial charge in [0, 0.05) is 25.2 Å². The highest BCUT2D eigenvalue weighted by molar-refractivity contribution is 7.14. The Morgan fingerprint density at radius 2 is 2.36 bits per heavy atom. The van der Waals surface area contributed by atoms with Crippen molar-refractivity contribution in [3.8, 4) is 0 Å². The summed E-state index contributed by atoms with van der Waals surface area (Å²) in [5.74, 6) is 0. The van der Waals surface area contributed by atoms with Crippen molar-refractivity contribution in [3.63, 3.8) is 0 Å². The number of nitrogens with one attached hydrogen (secondary N) is 1. The lowest BCUT2D eigenvalue weighted by Gasteiger charge is -2.39. The summed E-state index contributed by atoms with van der Waals surface area (Å²) in [6, 6.07) is 3.22. The predicted octanol–water partition coefficient (Wildman–Crippen LogP) is 2.37. The van der Waals surface area contributed by atoms with Crippen LogP contribution >= 0.6 is 22.9 Å². The second kappa shape index (κ2) is 4.19. The average Bonchev–Trinajstić information content (AvgIpc) is 2.47. The van der Waals surface area contributed by atoms with Gasteiger partial charge in [-0.25, -0.2) is 0 Å². The maximum absolute atomic E-state index is 5.92. The Balaban J connectivity index is 2.03. The van der Waals surface area contributed by atoms with E-state index in [1.54, 1.807) is 11.3 Å². The molecule has 0 radical (unpaired) electrons. The van der Waals surface area contributed by atoms with Crippen molar-refractivity contribution < 1.29 is 0 Å². The van der Waals surface area contributed by atoms with Crippen LogP contribution in [0.1, 0.15) is 18.5 Å². The smallest absolute Gasteiger partial charge is 0.0931 e. The normalized spacial score (nSPS) is 19.7. The minimum Gasteiger partial charge on any atom is -0.314 e. The molecule has 78 valence electrons. The molecule has 1 unspecified atom stereocenters. The zero-order chi connectivity index (χ0) is 10.1. The molecule has 1 saturated heterocycles. The first-order valence-corrected chi connectivity index (χ1v) is 6.11. The van der Waals surface area contributed by atoms with Crippen molar-refractivity contribution in [1.82, 2.24) is 10.2 Å². The highest BCUT2D eigenvalue weighted by atomic mass is 35.5. The van der Waals surface area contributed by atoms with Crippen LogP contribution in [0.4, 0.5) is 0 Å². The fourth-order valence-corrected chi connectivity index (χ4v) is 2.63. The van der Waals surface area contributed by atoms with Crippen molar-refractivity contribution >= 4 is 22.9 Å². The van der Waals surface area contributed by atoms with E-state index in [-0.39, 0.29) is 0 Å². The zero-order valence-corrected chi connectivity index (χ0v) is 10.0. The molecule has 2 heterocycles. The second-order valence-corrected chi connectivity index (χ2v) is 5.38. The third-order valence-corrected chi connectivity index (χ3v) is 4.13. The number of halogens is 1. The standard InChI is InChI=1S/C10H15ClN2S/c1-7(8-3-10(11)14-6-8)13(2)9-4-12-5-9/h3,6-7,9,12H,4-5H2,1-2H3. The van der Waals surface area contributed by atoms with E-state index in [0.29, 0.717) is 12.1 Å². The summed E-state index contributed by atoms with van der Waals surface area (Å²) in [5.41, 5.74) is 1.33.